The Morgan fingerprint density at radius 2 is 2.04 bits per heavy atom. The second-order valence-corrected chi connectivity index (χ2v) is 5.96. The van der Waals surface area contributed by atoms with E-state index < -0.39 is 6.04 Å². The maximum atomic E-state index is 13.1. The third kappa shape index (κ3) is 3.10. The Morgan fingerprint density at radius 3 is 2.74 bits per heavy atom. The van der Waals surface area contributed by atoms with E-state index in [0.29, 0.717) is 23.0 Å². The Balaban J connectivity index is 1.75. The summed E-state index contributed by atoms with van der Waals surface area (Å²) in [4.78, 5) is 17.2. The second-order valence-electron chi connectivity index (χ2n) is 5.96. The first-order chi connectivity index (χ1) is 13.2. The van der Waals surface area contributed by atoms with Crippen molar-refractivity contribution in [2.45, 2.75) is 13.0 Å². The molecular formula is C18H17N7O2. The first kappa shape index (κ1) is 16.7. The number of fused-ring (bicyclic) bond motifs is 1. The molecule has 27 heavy (non-hydrogen) atoms. The quantitative estimate of drug-likeness (QED) is 0.730. The topological polar surface area (TPSA) is 107 Å². The van der Waals surface area contributed by atoms with E-state index >= 15 is 0 Å². The molecule has 0 saturated heterocycles. The van der Waals surface area contributed by atoms with Crippen molar-refractivity contribution in [1.82, 2.24) is 25.2 Å². The van der Waals surface area contributed by atoms with Gasteiger partial charge in [-0.1, -0.05) is 23.3 Å². The lowest BCUT2D eigenvalue weighted by atomic mass is 9.95. The van der Waals surface area contributed by atoms with Crippen LogP contribution in [0.2, 0.25) is 0 Å². The van der Waals surface area contributed by atoms with Gasteiger partial charge >= 0.3 is 0 Å². The number of aromatic nitrogens is 5. The van der Waals surface area contributed by atoms with Crippen molar-refractivity contribution >= 4 is 17.7 Å². The highest BCUT2D eigenvalue weighted by molar-refractivity contribution is 6.05. The number of carbonyl (C=O) groups is 1. The molecule has 4 rings (SSSR count). The normalized spacial score (nSPS) is 15.7. The number of nitrogens with one attached hydrogen (secondary N) is 2. The summed E-state index contributed by atoms with van der Waals surface area (Å²) in [6.07, 6.45) is 1.62. The largest absolute Gasteiger partial charge is 0.497 e. The number of ether oxygens (including phenoxy) is 1. The molecule has 1 atom stereocenters. The number of anilines is 2. The number of amides is 1. The van der Waals surface area contributed by atoms with Crippen molar-refractivity contribution in [2.24, 2.45) is 0 Å². The van der Waals surface area contributed by atoms with Crippen LogP contribution in [-0.2, 0) is 4.79 Å². The molecule has 1 aromatic carbocycles. The molecule has 3 heterocycles. The summed E-state index contributed by atoms with van der Waals surface area (Å²) in [5, 5.41) is 17.7. The first-order valence-electron chi connectivity index (χ1n) is 8.29. The van der Waals surface area contributed by atoms with Crippen LogP contribution in [0.3, 0.4) is 0 Å². The molecule has 3 aromatic rings. The molecule has 9 heteroatoms. The van der Waals surface area contributed by atoms with Crippen LogP contribution in [-0.4, -0.2) is 38.2 Å². The molecule has 9 nitrogen and oxygen atoms in total. The molecule has 2 N–H and O–H groups in total. The Labute approximate surface area is 155 Å². The van der Waals surface area contributed by atoms with Crippen molar-refractivity contribution in [3.8, 4) is 5.75 Å². The van der Waals surface area contributed by atoms with E-state index in [4.69, 9.17) is 4.74 Å². The Bertz CT molecular complexity index is 996. The van der Waals surface area contributed by atoms with Crippen LogP contribution in [0.25, 0.3) is 0 Å². The second kappa shape index (κ2) is 6.87. The van der Waals surface area contributed by atoms with Crippen molar-refractivity contribution in [1.29, 1.82) is 0 Å². The minimum Gasteiger partial charge on any atom is -0.497 e. The smallest absolute Gasteiger partial charge is 0.257 e. The lowest BCUT2D eigenvalue weighted by Gasteiger charge is -2.27. The summed E-state index contributed by atoms with van der Waals surface area (Å²) in [6, 6.07) is 12.3. The van der Waals surface area contributed by atoms with Crippen LogP contribution in [0.4, 0.5) is 11.8 Å². The van der Waals surface area contributed by atoms with E-state index in [0.717, 1.165) is 11.3 Å². The Morgan fingerprint density at radius 1 is 1.22 bits per heavy atom. The van der Waals surface area contributed by atoms with E-state index in [2.05, 4.69) is 31.1 Å². The standard InChI is InChI=1S/C18H17N7O2/c1-11-15(17(26)21-14-5-3-4-10-19-14)16(25-18(20-11)22-23-24-25)12-6-8-13(27-2)9-7-12/h3-10,16H,1-2H3,(H,19,21,26)(H,20,22,24)/t16-/m0/s1. The summed E-state index contributed by atoms with van der Waals surface area (Å²) >= 11 is 0. The van der Waals surface area contributed by atoms with Crippen molar-refractivity contribution in [3.05, 3.63) is 65.5 Å². The molecule has 0 spiro atoms. The summed E-state index contributed by atoms with van der Waals surface area (Å²) in [6.45, 7) is 1.82. The van der Waals surface area contributed by atoms with Gasteiger partial charge in [-0.25, -0.2) is 4.98 Å². The highest BCUT2D eigenvalue weighted by Gasteiger charge is 2.34. The highest BCUT2D eigenvalue weighted by atomic mass is 16.5. The summed E-state index contributed by atoms with van der Waals surface area (Å²) < 4.78 is 6.81. The number of allylic oxidation sites excluding steroid dienone is 1. The number of methoxy groups -OCH3 is 1. The van der Waals surface area contributed by atoms with Crippen LogP contribution in [0, 0.1) is 0 Å². The van der Waals surface area contributed by atoms with Gasteiger partial charge in [0.2, 0.25) is 5.95 Å². The maximum Gasteiger partial charge on any atom is 0.257 e. The van der Waals surface area contributed by atoms with E-state index in [9.17, 15) is 4.79 Å². The fourth-order valence-corrected chi connectivity index (χ4v) is 3.02. The number of hydrogen-bond donors (Lipinski definition) is 2. The molecule has 1 aliphatic rings. The van der Waals surface area contributed by atoms with Gasteiger partial charge in [0.1, 0.15) is 17.6 Å². The summed E-state index contributed by atoms with van der Waals surface area (Å²) in [5.41, 5.74) is 2.04. The van der Waals surface area contributed by atoms with Crippen molar-refractivity contribution in [3.63, 3.8) is 0 Å². The molecule has 0 radical (unpaired) electrons. The third-order valence-electron chi connectivity index (χ3n) is 4.30. The lowest BCUT2D eigenvalue weighted by molar-refractivity contribution is -0.113. The zero-order chi connectivity index (χ0) is 18.8. The zero-order valence-corrected chi connectivity index (χ0v) is 14.7. The molecule has 0 aliphatic carbocycles. The predicted octanol–water partition coefficient (Wildman–Crippen LogP) is 2.00. The predicted molar refractivity (Wildman–Crippen MR) is 98.1 cm³/mol. The monoisotopic (exact) mass is 363 g/mol. The van der Waals surface area contributed by atoms with Gasteiger partial charge in [-0.05, 0) is 47.2 Å². The molecule has 1 aliphatic heterocycles. The zero-order valence-electron chi connectivity index (χ0n) is 14.7. The number of pyridine rings is 1. The number of tetrazole rings is 1. The average molecular weight is 363 g/mol. The molecule has 0 saturated carbocycles. The van der Waals surface area contributed by atoms with Gasteiger partial charge in [-0.3, -0.25) is 4.79 Å². The Hall–Kier alpha value is -3.75. The van der Waals surface area contributed by atoms with E-state index in [1.54, 1.807) is 30.1 Å². The highest BCUT2D eigenvalue weighted by Crippen LogP contribution is 2.35. The van der Waals surface area contributed by atoms with Crippen molar-refractivity contribution < 1.29 is 9.53 Å². The fraction of sp³-hybridized carbons (Fsp3) is 0.167. The lowest BCUT2D eigenvalue weighted by Crippen LogP contribution is -2.31. The number of nitrogens with zero attached hydrogens (tertiary/aromatic N) is 5. The SMILES string of the molecule is COc1ccc([C@H]2C(C(=O)Nc3ccccn3)=C(C)Nc3nnnn32)cc1. The van der Waals surface area contributed by atoms with Gasteiger partial charge in [0, 0.05) is 11.9 Å². The van der Waals surface area contributed by atoms with Gasteiger partial charge in [-0.15, -0.1) is 0 Å². The molecule has 2 aromatic heterocycles. The maximum absolute atomic E-state index is 13.1. The summed E-state index contributed by atoms with van der Waals surface area (Å²) in [5.74, 6) is 1.40. The number of rotatable bonds is 4. The van der Waals surface area contributed by atoms with Gasteiger partial charge in [0.05, 0.1) is 12.7 Å². The van der Waals surface area contributed by atoms with Crippen LogP contribution < -0.4 is 15.4 Å². The van der Waals surface area contributed by atoms with E-state index in [1.165, 1.54) is 0 Å². The van der Waals surface area contributed by atoms with E-state index in [-0.39, 0.29) is 5.91 Å². The fourth-order valence-electron chi connectivity index (χ4n) is 3.02. The van der Waals surface area contributed by atoms with E-state index in [1.807, 2.05) is 37.3 Å². The van der Waals surface area contributed by atoms with Gasteiger partial charge in [0.15, 0.2) is 0 Å². The van der Waals surface area contributed by atoms with Crippen LogP contribution in [0.15, 0.2) is 59.9 Å². The molecule has 0 fully saturated rings. The van der Waals surface area contributed by atoms with Crippen LogP contribution in [0.5, 0.6) is 5.75 Å². The molecule has 136 valence electrons. The minimum absolute atomic E-state index is 0.277. The first-order valence-corrected chi connectivity index (χ1v) is 8.29. The molecule has 1 amide bonds. The van der Waals surface area contributed by atoms with Crippen LogP contribution in [0.1, 0.15) is 18.5 Å². The van der Waals surface area contributed by atoms with Crippen LogP contribution >= 0.6 is 0 Å². The number of benzene rings is 1. The number of carbonyl (C=O) groups excluding carboxylic acids is 1. The van der Waals surface area contributed by atoms with Gasteiger partial charge in [0.25, 0.3) is 5.91 Å². The molecular weight excluding hydrogens is 346 g/mol. The van der Waals surface area contributed by atoms with Crippen molar-refractivity contribution in [2.75, 3.05) is 17.7 Å². The number of hydrogen-bond acceptors (Lipinski definition) is 7. The minimum atomic E-state index is -0.481. The third-order valence-corrected chi connectivity index (χ3v) is 4.30. The van der Waals surface area contributed by atoms with Gasteiger partial charge < -0.3 is 15.4 Å². The molecule has 0 bridgehead atoms. The average Bonchev–Trinajstić information content (AvgIpc) is 3.15. The van der Waals surface area contributed by atoms with Gasteiger partial charge in [-0.2, -0.15) is 4.68 Å². The molecule has 0 unspecified atom stereocenters. The Kier molecular flexibility index (Phi) is 4.25. The summed E-state index contributed by atoms with van der Waals surface area (Å²) in [7, 11) is 1.61.